The van der Waals surface area contributed by atoms with Gasteiger partial charge in [-0.15, -0.1) is 0 Å². The Hall–Kier alpha value is -2.75. The van der Waals surface area contributed by atoms with Crippen LogP contribution in [0, 0.1) is 12.8 Å². The van der Waals surface area contributed by atoms with Crippen LogP contribution >= 0.6 is 0 Å². The SMILES string of the molecule is C=C(C)\N=C(CCC1CC1)/C(=C\C)/C=C(C)\C(C)=N\c1cc(C(C)=O)cc(OC)c1C. The van der Waals surface area contributed by atoms with Gasteiger partial charge in [-0.1, -0.05) is 25.5 Å². The second-order valence-corrected chi connectivity index (χ2v) is 8.42. The van der Waals surface area contributed by atoms with Crippen molar-refractivity contribution in [2.24, 2.45) is 15.9 Å². The molecule has 0 amide bonds. The standard InChI is InChI=1S/C27H36N2O2/c1-9-23(25(28-17(2)3)13-12-22-10-11-22)14-18(4)20(6)29-26-15-24(21(7)30)16-27(31-8)19(26)5/h9,14-16,22H,2,10-13H2,1,3-8H3/b18-14-,23-9-,28-25-,29-20+. The van der Waals surface area contributed by atoms with Crippen LogP contribution in [0.15, 0.2) is 57.7 Å². The zero-order chi connectivity index (χ0) is 23.1. The maximum atomic E-state index is 11.9. The van der Waals surface area contributed by atoms with Crippen LogP contribution in [0.1, 0.15) is 76.2 Å². The molecule has 1 aliphatic rings. The summed E-state index contributed by atoms with van der Waals surface area (Å²) in [6.07, 6.45) is 9.09. The molecule has 2 rings (SSSR count). The minimum Gasteiger partial charge on any atom is -0.496 e. The van der Waals surface area contributed by atoms with Crippen LogP contribution in [0.25, 0.3) is 0 Å². The number of hydrogen-bond acceptors (Lipinski definition) is 4. The average Bonchev–Trinajstić information content (AvgIpc) is 3.54. The molecule has 31 heavy (non-hydrogen) atoms. The Morgan fingerprint density at radius 1 is 1.23 bits per heavy atom. The highest BCUT2D eigenvalue weighted by Crippen LogP contribution is 2.34. The van der Waals surface area contributed by atoms with E-state index in [-0.39, 0.29) is 5.78 Å². The van der Waals surface area contributed by atoms with Crippen LogP contribution in [0.4, 0.5) is 5.69 Å². The molecule has 0 spiro atoms. The number of methoxy groups -OCH3 is 1. The Balaban J connectivity index is 2.37. The molecule has 4 heteroatoms. The molecule has 0 radical (unpaired) electrons. The molecule has 1 aromatic rings. The van der Waals surface area contributed by atoms with Crippen molar-refractivity contribution in [2.45, 2.75) is 67.2 Å². The van der Waals surface area contributed by atoms with Crippen molar-refractivity contribution in [1.29, 1.82) is 0 Å². The second kappa shape index (κ2) is 11.0. The average molecular weight is 421 g/mol. The van der Waals surface area contributed by atoms with Crippen LogP contribution < -0.4 is 4.74 Å². The molecule has 0 bridgehead atoms. The van der Waals surface area contributed by atoms with Crippen molar-refractivity contribution in [3.8, 4) is 5.75 Å². The summed E-state index contributed by atoms with van der Waals surface area (Å²) >= 11 is 0. The van der Waals surface area contributed by atoms with Gasteiger partial charge in [-0.2, -0.15) is 0 Å². The quantitative estimate of drug-likeness (QED) is 0.226. The van der Waals surface area contributed by atoms with E-state index in [1.54, 1.807) is 20.1 Å². The van der Waals surface area contributed by atoms with Crippen molar-refractivity contribution in [3.63, 3.8) is 0 Å². The minimum absolute atomic E-state index is 0.00724. The molecule has 1 fully saturated rings. The molecule has 0 aliphatic heterocycles. The Morgan fingerprint density at radius 3 is 2.42 bits per heavy atom. The minimum atomic E-state index is -0.00724. The number of nitrogens with zero attached hydrogens (tertiary/aromatic N) is 2. The van der Waals surface area contributed by atoms with E-state index >= 15 is 0 Å². The molecule has 0 atom stereocenters. The molecular weight excluding hydrogens is 384 g/mol. The van der Waals surface area contributed by atoms with E-state index in [2.05, 4.69) is 25.7 Å². The van der Waals surface area contributed by atoms with E-state index in [0.717, 1.165) is 51.9 Å². The van der Waals surface area contributed by atoms with Crippen molar-refractivity contribution < 1.29 is 9.53 Å². The molecule has 1 aliphatic carbocycles. The highest BCUT2D eigenvalue weighted by atomic mass is 16.5. The molecule has 166 valence electrons. The van der Waals surface area contributed by atoms with Gasteiger partial charge in [0.25, 0.3) is 0 Å². The molecule has 4 nitrogen and oxygen atoms in total. The van der Waals surface area contributed by atoms with Crippen molar-refractivity contribution >= 4 is 22.9 Å². The van der Waals surface area contributed by atoms with Crippen LogP contribution in [-0.4, -0.2) is 24.3 Å². The van der Waals surface area contributed by atoms with E-state index < -0.39 is 0 Å². The Kier molecular flexibility index (Phi) is 8.73. The van der Waals surface area contributed by atoms with Crippen molar-refractivity contribution in [3.05, 3.63) is 58.8 Å². The van der Waals surface area contributed by atoms with Gasteiger partial charge < -0.3 is 4.74 Å². The molecule has 1 saturated carbocycles. The molecule has 0 N–H and O–H groups in total. The highest BCUT2D eigenvalue weighted by molar-refractivity contribution is 6.07. The molecule has 0 heterocycles. The maximum absolute atomic E-state index is 11.9. The van der Waals surface area contributed by atoms with Crippen LogP contribution in [-0.2, 0) is 0 Å². The number of ketones is 1. The van der Waals surface area contributed by atoms with E-state index in [4.69, 9.17) is 14.7 Å². The second-order valence-electron chi connectivity index (χ2n) is 8.42. The first kappa shape index (κ1) is 24.5. The Morgan fingerprint density at radius 2 is 1.90 bits per heavy atom. The van der Waals surface area contributed by atoms with Crippen LogP contribution in [0.3, 0.4) is 0 Å². The Bertz CT molecular complexity index is 973. The molecular formula is C27H36N2O2. The molecule has 0 saturated heterocycles. The fraction of sp³-hybridized carbons (Fsp3) is 0.444. The van der Waals surface area contributed by atoms with Crippen LogP contribution in [0.2, 0.25) is 0 Å². The fourth-order valence-electron chi connectivity index (χ4n) is 3.39. The van der Waals surface area contributed by atoms with Crippen molar-refractivity contribution in [2.75, 3.05) is 7.11 Å². The summed E-state index contributed by atoms with van der Waals surface area (Å²) in [5, 5.41) is 0. The molecule has 0 unspecified atom stereocenters. The topological polar surface area (TPSA) is 51.0 Å². The van der Waals surface area contributed by atoms with Gasteiger partial charge in [0.15, 0.2) is 5.78 Å². The third-order valence-corrected chi connectivity index (χ3v) is 5.65. The number of carbonyl (C=O) groups is 1. The lowest BCUT2D eigenvalue weighted by molar-refractivity contribution is 0.101. The summed E-state index contributed by atoms with van der Waals surface area (Å²) < 4.78 is 5.45. The van der Waals surface area contributed by atoms with Gasteiger partial charge in [0.05, 0.1) is 12.8 Å². The number of hydrogen-bond donors (Lipinski definition) is 0. The summed E-state index contributed by atoms with van der Waals surface area (Å²) in [6.45, 7) is 15.5. The first-order chi connectivity index (χ1) is 14.7. The van der Waals surface area contributed by atoms with Gasteiger partial charge in [-0.25, -0.2) is 0 Å². The summed E-state index contributed by atoms with van der Waals surface area (Å²) in [5.74, 6) is 1.52. The number of aliphatic imine (C=N–C) groups is 2. The number of benzene rings is 1. The number of ether oxygens (including phenoxy) is 1. The lowest BCUT2D eigenvalue weighted by Crippen LogP contribution is -2.05. The highest BCUT2D eigenvalue weighted by Gasteiger charge is 2.22. The van der Waals surface area contributed by atoms with Gasteiger partial charge >= 0.3 is 0 Å². The van der Waals surface area contributed by atoms with Gasteiger partial charge in [0.1, 0.15) is 5.75 Å². The van der Waals surface area contributed by atoms with Gasteiger partial charge in [-0.05, 0) is 89.7 Å². The van der Waals surface area contributed by atoms with E-state index in [9.17, 15) is 4.79 Å². The number of allylic oxidation sites excluding steroid dienone is 5. The third kappa shape index (κ3) is 7.16. The number of carbonyl (C=O) groups excluding carboxylic acids is 1. The largest absolute Gasteiger partial charge is 0.496 e. The van der Waals surface area contributed by atoms with Crippen LogP contribution in [0.5, 0.6) is 5.75 Å². The maximum Gasteiger partial charge on any atom is 0.160 e. The molecule has 1 aromatic carbocycles. The number of rotatable bonds is 10. The van der Waals surface area contributed by atoms with Crippen molar-refractivity contribution in [1.82, 2.24) is 0 Å². The summed E-state index contributed by atoms with van der Waals surface area (Å²) in [6, 6.07) is 3.60. The predicted molar refractivity (Wildman–Crippen MR) is 132 cm³/mol. The molecule has 0 aromatic heterocycles. The summed E-state index contributed by atoms with van der Waals surface area (Å²) in [5.41, 5.74) is 7.24. The third-order valence-electron chi connectivity index (χ3n) is 5.65. The smallest absolute Gasteiger partial charge is 0.160 e. The van der Waals surface area contributed by atoms with Gasteiger partial charge in [0.2, 0.25) is 0 Å². The van der Waals surface area contributed by atoms with E-state index in [0.29, 0.717) is 11.3 Å². The monoisotopic (exact) mass is 420 g/mol. The zero-order valence-corrected chi connectivity index (χ0v) is 20.1. The predicted octanol–water partition coefficient (Wildman–Crippen LogP) is 7.36. The zero-order valence-electron chi connectivity index (χ0n) is 20.1. The van der Waals surface area contributed by atoms with Gasteiger partial charge in [0, 0.05) is 28.2 Å². The summed E-state index contributed by atoms with van der Waals surface area (Å²) in [4.78, 5) is 21.5. The van der Waals surface area contributed by atoms with E-state index in [1.807, 2.05) is 33.8 Å². The first-order valence-corrected chi connectivity index (χ1v) is 11.0. The summed E-state index contributed by atoms with van der Waals surface area (Å²) in [7, 11) is 1.61. The first-order valence-electron chi connectivity index (χ1n) is 11.0. The van der Waals surface area contributed by atoms with Gasteiger partial charge in [-0.3, -0.25) is 14.8 Å². The Labute approximate surface area is 187 Å². The lowest BCUT2D eigenvalue weighted by Gasteiger charge is -2.12. The number of Topliss-reactive ketones (excluding diaryl/α,β-unsaturated/α-hetero) is 1. The lowest BCUT2D eigenvalue weighted by atomic mass is 10.00. The normalized spacial score (nSPS) is 15.8. The fourth-order valence-corrected chi connectivity index (χ4v) is 3.39. The van der Waals surface area contributed by atoms with E-state index in [1.165, 1.54) is 19.3 Å².